The van der Waals surface area contributed by atoms with E-state index in [1.54, 1.807) is 13.8 Å². The Morgan fingerprint density at radius 2 is 1.77 bits per heavy atom. The van der Waals surface area contributed by atoms with Gasteiger partial charge in [0.25, 0.3) is 0 Å². The van der Waals surface area contributed by atoms with Crippen LogP contribution in [0.5, 0.6) is 5.75 Å². The Labute approximate surface area is 137 Å². The third-order valence-electron chi connectivity index (χ3n) is 2.77. The average Bonchev–Trinajstić information content (AvgIpc) is 2.35. The first-order valence-corrected chi connectivity index (χ1v) is 9.42. The monoisotopic (exact) mass is 372 g/mol. The van der Waals surface area contributed by atoms with Crippen LogP contribution in [-0.4, -0.2) is 42.3 Å². The van der Waals surface area contributed by atoms with Crippen LogP contribution >= 0.6 is 12.4 Å². The summed E-state index contributed by atoms with van der Waals surface area (Å²) in [5, 5.41) is 0. The number of halogens is 1. The molecule has 0 aliphatic carbocycles. The molecule has 0 aliphatic rings. The second-order valence-corrected chi connectivity index (χ2v) is 8.94. The van der Waals surface area contributed by atoms with Crippen LogP contribution in [0.1, 0.15) is 13.8 Å². The quantitative estimate of drug-likeness (QED) is 0.752. The Morgan fingerprint density at radius 3 is 2.18 bits per heavy atom. The standard InChI is InChI=1S/C12H20N2O5S2.ClH/c1-12(2,8-13)14-21(17,18)11-7-9(20(4,15)16)5-6-10(11)19-3;/h5-7,14H,8,13H2,1-4H3;1H. The molecule has 0 spiro atoms. The first-order valence-electron chi connectivity index (χ1n) is 6.05. The molecular formula is C12H21ClN2O5S2. The summed E-state index contributed by atoms with van der Waals surface area (Å²) in [5.74, 6) is 0.0581. The Balaban J connectivity index is 0.00000441. The van der Waals surface area contributed by atoms with E-state index in [0.29, 0.717) is 0 Å². The van der Waals surface area contributed by atoms with E-state index in [2.05, 4.69) is 4.72 Å². The molecule has 22 heavy (non-hydrogen) atoms. The number of nitrogens with one attached hydrogen (secondary N) is 1. The molecule has 1 aromatic carbocycles. The fraction of sp³-hybridized carbons (Fsp3) is 0.500. The van der Waals surface area contributed by atoms with Gasteiger partial charge in [-0.05, 0) is 32.0 Å². The van der Waals surface area contributed by atoms with Crippen molar-refractivity contribution in [3.8, 4) is 5.75 Å². The SMILES string of the molecule is COc1ccc(S(C)(=O)=O)cc1S(=O)(=O)NC(C)(C)CN.Cl. The molecule has 1 rings (SSSR count). The summed E-state index contributed by atoms with van der Waals surface area (Å²) in [5.41, 5.74) is 4.64. The minimum absolute atomic E-state index is 0. The highest BCUT2D eigenvalue weighted by atomic mass is 35.5. The average molecular weight is 373 g/mol. The van der Waals surface area contributed by atoms with E-state index in [1.165, 1.54) is 19.2 Å². The number of nitrogens with two attached hydrogens (primary N) is 1. The molecule has 0 aliphatic heterocycles. The van der Waals surface area contributed by atoms with Gasteiger partial charge < -0.3 is 10.5 Å². The zero-order valence-electron chi connectivity index (χ0n) is 12.8. The van der Waals surface area contributed by atoms with E-state index >= 15 is 0 Å². The van der Waals surface area contributed by atoms with E-state index < -0.39 is 25.4 Å². The van der Waals surface area contributed by atoms with Gasteiger partial charge in [0.05, 0.1) is 12.0 Å². The molecular weight excluding hydrogens is 352 g/mol. The van der Waals surface area contributed by atoms with Gasteiger partial charge in [0.2, 0.25) is 10.0 Å². The third-order valence-corrected chi connectivity index (χ3v) is 5.60. The van der Waals surface area contributed by atoms with Crippen LogP contribution in [0.4, 0.5) is 0 Å². The largest absolute Gasteiger partial charge is 0.495 e. The number of rotatable bonds is 6. The van der Waals surface area contributed by atoms with Gasteiger partial charge in [-0.1, -0.05) is 0 Å². The van der Waals surface area contributed by atoms with Gasteiger partial charge in [0, 0.05) is 18.3 Å². The number of ether oxygens (including phenoxy) is 1. The third kappa shape index (κ3) is 5.10. The maximum atomic E-state index is 12.4. The van der Waals surface area contributed by atoms with E-state index in [9.17, 15) is 16.8 Å². The number of sulfone groups is 1. The fourth-order valence-electron chi connectivity index (χ4n) is 1.56. The van der Waals surface area contributed by atoms with Crippen LogP contribution in [-0.2, 0) is 19.9 Å². The van der Waals surface area contributed by atoms with Crippen LogP contribution in [0.3, 0.4) is 0 Å². The fourth-order valence-corrected chi connectivity index (χ4v) is 3.90. The van der Waals surface area contributed by atoms with Gasteiger partial charge in [-0.25, -0.2) is 21.6 Å². The lowest BCUT2D eigenvalue weighted by Crippen LogP contribution is -2.48. The molecule has 0 unspecified atom stereocenters. The lowest BCUT2D eigenvalue weighted by atomic mass is 10.1. The summed E-state index contributed by atoms with van der Waals surface area (Å²) in [7, 11) is -6.20. The maximum Gasteiger partial charge on any atom is 0.244 e. The topological polar surface area (TPSA) is 116 Å². The van der Waals surface area contributed by atoms with Crippen molar-refractivity contribution in [3.05, 3.63) is 18.2 Å². The van der Waals surface area contributed by atoms with Crippen molar-refractivity contribution in [3.63, 3.8) is 0 Å². The van der Waals surface area contributed by atoms with E-state index in [4.69, 9.17) is 10.5 Å². The minimum Gasteiger partial charge on any atom is -0.495 e. The van der Waals surface area contributed by atoms with Crippen molar-refractivity contribution in [1.29, 1.82) is 0 Å². The summed E-state index contributed by atoms with van der Waals surface area (Å²) < 4.78 is 55.4. The molecule has 3 N–H and O–H groups in total. The number of sulfonamides is 1. The lowest BCUT2D eigenvalue weighted by Gasteiger charge is -2.24. The van der Waals surface area contributed by atoms with Crippen LogP contribution < -0.4 is 15.2 Å². The van der Waals surface area contributed by atoms with Crippen LogP contribution in [0.25, 0.3) is 0 Å². The summed E-state index contributed by atoms with van der Waals surface area (Å²) in [6.07, 6.45) is 1.00. The van der Waals surface area contributed by atoms with Crippen molar-refractivity contribution in [2.75, 3.05) is 19.9 Å². The molecule has 0 bridgehead atoms. The Bertz CT molecular complexity index is 730. The van der Waals surface area contributed by atoms with Gasteiger partial charge in [0.15, 0.2) is 9.84 Å². The molecule has 0 saturated carbocycles. The summed E-state index contributed by atoms with van der Waals surface area (Å²) in [4.78, 5) is -0.344. The normalized spacial score (nSPS) is 12.6. The molecule has 0 radical (unpaired) electrons. The minimum atomic E-state index is -3.98. The highest BCUT2D eigenvalue weighted by molar-refractivity contribution is 7.91. The Kier molecular flexibility index (Phi) is 6.85. The number of hydrogen-bond donors (Lipinski definition) is 2. The molecule has 128 valence electrons. The summed E-state index contributed by atoms with van der Waals surface area (Å²) >= 11 is 0. The van der Waals surface area contributed by atoms with Crippen molar-refractivity contribution in [2.45, 2.75) is 29.2 Å². The van der Waals surface area contributed by atoms with E-state index in [0.717, 1.165) is 12.3 Å². The molecule has 0 aromatic heterocycles. The predicted octanol–water partition coefficient (Wildman–Crippen LogP) is 0.536. The van der Waals surface area contributed by atoms with Crippen LogP contribution in [0.2, 0.25) is 0 Å². The maximum absolute atomic E-state index is 12.4. The molecule has 7 nitrogen and oxygen atoms in total. The van der Waals surface area contributed by atoms with Crippen molar-refractivity contribution in [2.24, 2.45) is 5.73 Å². The lowest BCUT2D eigenvalue weighted by molar-refractivity contribution is 0.399. The van der Waals surface area contributed by atoms with Gasteiger partial charge in [-0.15, -0.1) is 12.4 Å². The number of methoxy groups -OCH3 is 1. The molecule has 1 aromatic rings. The second kappa shape index (κ2) is 7.14. The van der Waals surface area contributed by atoms with Crippen molar-refractivity contribution < 1.29 is 21.6 Å². The first-order chi connectivity index (χ1) is 9.43. The van der Waals surface area contributed by atoms with Crippen LogP contribution in [0.15, 0.2) is 28.0 Å². The Hall–Kier alpha value is -0.870. The van der Waals surface area contributed by atoms with E-state index in [1.807, 2.05) is 0 Å². The van der Waals surface area contributed by atoms with Crippen LogP contribution in [0, 0.1) is 0 Å². The highest BCUT2D eigenvalue weighted by Gasteiger charge is 2.28. The molecule has 0 atom stereocenters. The predicted molar refractivity (Wildman–Crippen MR) is 86.8 cm³/mol. The van der Waals surface area contributed by atoms with Crippen molar-refractivity contribution >= 4 is 32.3 Å². The van der Waals surface area contributed by atoms with Crippen molar-refractivity contribution in [1.82, 2.24) is 4.72 Å². The van der Waals surface area contributed by atoms with Gasteiger partial charge >= 0.3 is 0 Å². The van der Waals surface area contributed by atoms with Gasteiger partial charge in [0.1, 0.15) is 10.6 Å². The smallest absolute Gasteiger partial charge is 0.244 e. The molecule has 0 heterocycles. The second-order valence-electron chi connectivity index (χ2n) is 5.28. The zero-order chi connectivity index (χ0) is 16.5. The Morgan fingerprint density at radius 1 is 1.23 bits per heavy atom. The number of benzene rings is 1. The van der Waals surface area contributed by atoms with Gasteiger partial charge in [-0.2, -0.15) is 0 Å². The highest BCUT2D eigenvalue weighted by Crippen LogP contribution is 2.27. The molecule has 10 heteroatoms. The molecule has 0 fully saturated rings. The molecule has 0 saturated heterocycles. The summed E-state index contributed by atoms with van der Waals surface area (Å²) in [6.45, 7) is 3.33. The summed E-state index contributed by atoms with van der Waals surface area (Å²) in [6, 6.07) is 3.67. The van der Waals surface area contributed by atoms with E-state index in [-0.39, 0.29) is 34.5 Å². The first kappa shape index (κ1) is 21.1. The van der Waals surface area contributed by atoms with Gasteiger partial charge in [-0.3, -0.25) is 0 Å². The number of hydrogen-bond acceptors (Lipinski definition) is 6. The zero-order valence-corrected chi connectivity index (χ0v) is 15.2. The molecule has 0 amide bonds.